The molecule has 3 nitrogen and oxygen atoms in total. The largest absolute Gasteiger partial charge is 0.496 e. The number of hydrogen-bond acceptors (Lipinski definition) is 3. The standard InChI is InChI=1S/C15H19BrO3/c1-4-19-15(17)11(2)9-12(10-16)13-7-5-6-8-14(13)18-3/h5-8,12H,2,4,9-10H2,1,3H3. The molecule has 0 aliphatic carbocycles. The van der Waals surface area contributed by atoms with E-state index in [2.05, 4.69) is 22.5 Å². The highest BCUT2D eigenvalue weighted by molar-refractivity contribution is 9.09. The minimum atomic E-state index is -0.330. The summed E-state index contributed by atoms with van der Waals surface area (Å²) in [5.41, 5.74) is 1.55. The van der Waals surface area contributed by atoms with Crippen LogP contribution in [-0.4, -0.2) is 25.0 Å². The SMILES string of the molecule is C=C(CC(CBr)c1ccccc1OC)C(=O)OCC. The number of ether oxygens (including phenoxy) is 2. The summed E-state index contributed by atoms with van der Waals surface area (Å²) in [6.45, 7) is 5.96. The van der Waals surface area contributed by atoms with Gasteiger partial charge in [-0.1, -0.05) is 40.7 Å². The van der Waals surface area contributed by atoms with Crippen LogP contribution in [0.25, 0.3) is 0 Å². The van der Waals surface area contributed by atoms with Gasteiger partial charge in [0.05, 0.1) is 13.7 Å². The van der Waals surface area contributed by atoms with Crippen LogP contribution in [0, 0.1) is 0 Å². The van der Waals surface area contributed by atoms with Crippen molar-refractivity contribution < 1.29 is 14.3 Å². The zero-order valence-corrected chi connectivity index (χ0v) is 12.9. The average molecular weight is 327 g/mol. The molecule has 0 spiro atoms. The molecule has 0 radical (unpaired) electrons. The van der Waals surface area contributed by atoms with E-state index in [0.29, 0.717) is 18.6 Å². The molecule has 0 heterocycles. The van der Waals surface area contributed by atoms with Crippen molar-refractivity contribution in [2.24, 2.45) is 0 Å². The highest BCUT2D eigenvalue weighted by Crippen LogP contribution is 2.32. The lowest BCUT2D eigenvalue weighted by molar-refractivity contribution is -0.138. The van der Waals surface area contributed by atoms with Crippen LogP contribution in [0.1, 0.15) is 24.8 Å². The average Bonchev–Trinajstić information content (AvgIpc) is 2.44. The summed E-state index contributed by atoms with van der Waals surface area (Å²) in [6, 6.07) is 7.80. The molecule has 0 N–H and O–H groups in total. The van der Waals surface area contributed by atoms with Crippen LogP contribution in [-0.2, 0) is 9.53 Å². The second-order valence-electron chi connectivity index (χ2n) is 4.12. The van der Waals surface area contributed by atoms with Crippen molar-refractivity contribution in [1.82, 2.24) is 0 Å². The van der Waals surface area contributed by atoms with Crippen molar-refractivity contribution >= 4 is 21.9 Å². The molecule has 0 aliphatic rings. The molecule has 0 saturated carbocycles. The smallest absolute Gasteiger partial charge is 0.333 e. The number of halogens is 1. The van der Waals surface area contributed by atoms with Gasteiger partial charge < -0.3 is 9.47 Å². The van der Waals surface area contributed by atoms with Crippen molar-refractivity contribution in [3.63, 3.8) is 0 Å². The van der Waals surface area contributed by atoms with E-state index in [4.69, 9.17) is 9.47 Å². The summed E-state index contributed by atoms with van der Waals surface area (Å²) in [5.74, 6) is 0.625. The highest BCUT2D eigenvalue weighted by Gasteiger charge is 2.19. The Balaban J connectivity index is 2.83. The van der Waals surface area contributed by atoms with Crippen LogP contribution in [0.4, 0.5) is 0 Å². The van der Waals surface area contributed by atoms with E-state index < -0.39 is 0 Å². The number of methoxy groups -OCH3 is 1. The number of alkyl halides is 1. The fourth-order valence-corrected chi connectivity index (χ4v) is 2.44. The van der Waals surface area contributed by atoms with Crippen LogP contribution in [0.3, 0.4) is 0 Å². The first-order chi connectivity index (χ1) is 9.13. The topological polar surface area (TPSA) is 35.5 Å². The third-order valence-electron chi connectivity index (χ3n) is 2.82. The second-order valence-corrected chi connectivity index (χ2v) is 4.77. The maximum absolute atomic E-state index is 11.6. The molecule has 1 aromatic rings. The second kappa shape index (κ2) is 8.00. The van der Waals surface area contributed by atoms with Crippen LogP contribution in [0.15, 0.2) is 36.4 Å². The van der Waals surface area contributed by atoms with Gasteiger partial charge >= 0.3 is 5.97 Å². The van der Waals surface area contributed by atoms with Gasteiger partial charge in [-0.05, 0) is 25.0 Å². The van der Waals surface area contributed by atoms with Crippen molar-refractivity contribution in [2.75, 3.05) is 19.0 Å². The van der Waals surface area contributed by atoms with Crippen molar-refractivity contribution in [2.45, 2.75) is 19.3 Å². The number of rotatable bonds is 7. The molecule has 0 saturated heterocycles. The Kier molecular flexibility index (Phi) is 6.64. The first kappa shape index (κ1) is 15.8. The zero-order chi connectivity index (χ0) is 14.3. The molecular weight excluding hydrogens is 308 g/mol. The van der Waals surface area contributed by atoms with Crippen LogP contribution in [0.5, 0.6) is 5.75 Å². The van der Waals surface area contributed by atoms with Gasteiger partial charge in [-0.2, -0.15) is 0 Å². The molecule has 0 amide bonds. The van der Waals surface area contributed by atoms with Gasteiger partial charge in [0.15, 0.2) is 0 Å². The lowest BCUT2D eigenvalue weighted by atomic mass is 9.93. The predicted octanol–water partition coefficient (Wildman–Crippen LogP) is 3.68. The Hall–Kier alpha value is -1.29. The summed E-state index contributed by atoms with van der Waals surface area (Å²) >= 11 is 3.48. The predicted molar refractivity (Wildman–Crippen MR) is 79.9 cm³/mol. The number of para-hydroxylation sites is 1. The van der Waals surface area contributed by atoms with Crippen molar-refractivity contribution in [3.8, 4) is 5.75 Å². The van der Waals surface area contributed by atoms with Gasteiger partial charge in [0.1, 0.15) is 5.75 Å². The molecule has 1 unspecified atom stereocenters. The van der Waals surface area contributed by atoms with Gasteiger partial charge in [0, 0.05) is 16.8 Å². The van der Waals surface area contributed by atoms with Crippen LogP contribution < -0.4 is 4.74 Å². The number of esters is 1. The first-order valence-electron chi connectivity index (χ1n) is 6.17. The third kappa shape index (κ3) is 4.39. The summed E-state index contributed by atoms with van der Waals surface area (Å²) in [5, 5.41) is 0.728. The Labute approximate surface area is 122 Å². The number of hydrogen-bond donors (Lipinski definition) is 0. The summed E-state index contributed by atoms with van der Waals surface area (Å²) in [4.78, 5) is 11.6. The van der Waals surface area contributed by atoms with Gasteiger partial charge in [0.2, 0.25) is 0 Å². The Bertz CT molecular complexity index is 443. The molecule has 4 heteroatoms. The fraction of sp³-hybridized carbons (Fsp3) is 0.400. The van der Waals surface area contributed by atoms with E-state index >= 15 is 0 Å². The summed E-state index contributed by atoms with van der Waals surface area (Å²) in [6.07, 6.45) is 0.546. The molecular formula is C15H19BrO3. The molecule has 1 aromatic carbocycles. The molecule has 0 aliphatic heterocycles. The maximum atomic E-state index is 11.6. The number of carbonyl (C=O) groups excluding carboxylic acids is 1. The fourth-order valence-electron chi connectivity index (χ4n) is 1.87. The van der Waals surface area contributed by atoms with E-state index in [-0.39, 0.29) is 11.9 Å². The van der Waals surface area contributed by atoms with Crippen LogP contribution in [0.2, 0.25) is 0 Å². The normalized spacial score (nSPS) is 11.7. The maximum Gasteiger partial charge on any atom is 0.333 e. The van der Waals surface area contributed by atoms with Crippen molar-refractivity contribution in [3.05, 3.63) is 42.0 Å². The Morgan fingerprint density at radius 1 is 1.42 bits per heavy atom. The van der Waals surface area contributed by atoms with E-state index in [1.54, 1.807) is 14.0 Å². The zero-order valence-electron chi connectivity index (χ0n) is 11.3. The van der Waals surface area contributed by atoms with E-state index in [1.165, 1.54) is 0 Å². The summed E-state index contributed by atoms with van der Waals surface area (Å²) in [7, 11) is 1.64. The third-order valence-corrected chi connectivity index (χ3v) is 3.60. The van der Waals surface area contributed by atoms with E-state index in [1.807, 2.05) is 24.3 Å². The monoisotopic (exact) mass is 326 g/mol. The Morgan fingerprint density at radius 2 is 2.11 bits per heavy atom. The molecule has 0 bridgehead atoms. The first-order valence-corrected chi connectivity index (χ1v) is 7.29. The molecule has 1 rings (SSSR count). The van der Waals surface area contributed by atoms with Gasteiger partial charge in [-0.15, -0.1) is 0 Å². The summed E-state index contributed by atoms with van der Waals surface area (Å²) < 4.78 is 10.3. The lowest BCUT2D eigenvalue weighted by Gasteiger charge is -2.18. The van der Waals surface area contributed by atoms with E-state index in [9.17, 15) is 4.79 Å². The van der Waals surface area contributed by atoms with Gasteiger partial charge in [-0.3, -0.25) is 0 Å². The lowest BCUT2D eigenvalue weighted by Crippen LogP contribution is -2.11. The molecule has 0 aromatic heterocycles. The quantitative estimate of drug-likeness (QED) is 0.435. The minimum Gasteiger partial charge on any atom is -0.496 e. The van der Waals surface area contributed by atoms with Crippen LogP contribution >= 0.6 is 15.9 Å². The number of carbonyl (C=O) groups is 1. The van der Waals surface area contributed by atoms with Gasteiger partial charge in [-0.25, -0.2) is 4.79 Å². The van der Waals surface area contributed by atoms with Crippen molar-refractivity contribution in [1.29, 1.82) is 0 Å². The number of benzene rings is 1. The molecule has 0 fully saturated rings. The molecule has 104 valence electrons. The minimum absolute atomic E-state index is 0.132. The molecule has 1 atom stereocenters. The van der Waals surface area contributed by atoms with Gasteiger partial charge in [0.25, 0.3) is 0 Å². The molecule has 19 heavy (non-hydrogen) atoms. The van der Waals surface area contributed by atoms with E-state index in [0.717, 1.165) is 16.6 Å². The highest BCUT2D eigenvalue weighted by atomic mass is 79.9. The Morgan fingerprint density at radius 3 is 2.68 bits per heavy atom.